The third-order valence-electron chi connectivity index (χ3n) is 5.89. The largest absolute Gasteiger partial charge is 0.452 e. The zero-order chi connectivity index (χ0) is 23.5. The van der Waals surface area contributed by atoms with Crippen LogP contribution in [0.15, 0.2) is 59.8 Å². The Kier molecular flexibility index (Phi) is 6.30. The van der Waals surface area contributed by atoms with Gasteiger partial charge in [-0.2, -0.15) is 5.10 Å². The molecular formula is C24H27N5O4. The highest BCUT2D eigenvalue weighted by Crippen LogP contribution is 2.33. The molecular weight excluding hydrogens is 422 g/mol. The minimum Gasteiger partial charge on any atom is -0.452 e. The van der Waals surface area contributed by atoms with E-state index in [1.807, 2.05) is 46.1 Å². The summed E-state index contributed by atoms with van der Waals surface area (Å²) < 4.78 is 8.57. The van der Waals surface area contributed by atoms with Crippen LogP contribution in [0, 0.1) is 5.92 Å². The van der Waals surface area contributed by atoms with Crippen LogP contribution in [0.5, 0.6) is 0 Å². The molecule has 0 bridgehead atoms. The van der Waals surface area contributed by atoms with Crippen molar-refractivity contribution in [2.45, 2.75) is 26.0 Å². The molecule has 3 heterocycles. The van der Waals surface area contributed by atoms with Crippen molar-refractivity contribution in [3.05, 3.63) is 70.9 Å². The van der Waals surface area contributed by atoms with Gasteiger partial charge in [-0.15, -0.1) is 0 Å². The Labute approximate surface area is 191 Å². The lowest BCUT2D eigenvalue weighted by atomic mass is 10.1. The standard InChI is InChI=1S/C24H27N5O4/c1-16(23(25)31)33-24(32)18-8-9-28(13-18)21-10-22(30)27(2)15-20(21)19-11-26-29(14-19)12-17-6-4-3-5-7-17/h3-7,10-11,14-16,18H,8-9,12-13H2,1-2H3,(H2,25,31)/t16?,18-/m0/s1. The summed E-state index contributed by atoms with van der Waals surface area (Å²) in [5.41, 5.74) is 8.68. The molecule has 0 saturated carbocycles. The Balaban J connectivity index is 1.57. The number of hydrogen-bond donors (Lipinski definition) is 1. The molecule has 2 aromatic heterocycles. The van der Waals surface area contributed by atoms with Crippen molar-refractivity contribution in [3.8, 4) is 11.1 Å². The highest BCUT2D eigenvalue weighted by Gasteiger charge is 2.32. The summed E-state index contributed by atoms with van der Waals surface area (Å²) in [7, 11) is 1.71. The number of pyridine rings is 1. The van der Waals surface area contributed by atoms with Crippen molar-refractivity contribution in [2.24, 2.45) is 18.7 Å². The van der Waals surface area contributed by atoms with Gasteiger partial charge in [0.25, 0.3) is 11.5 Å². The molecule has 1 aliphatic rings. The van der Waals surface area contributed by atoms with Crippen molar-refractivity contribution in [3.63, 3.8) is 0 Å². The number of rotatable bonds is 7. The number of aryl methyl sites for hydroxylation is 1. The molecule has 9 nitrogen and oxygen atoms in total. The SMILES string of the molecule is CC(OC(=O)[C@H]1CCN(c2cc(=O)n(C)cc2-c2cnn(Cc3ccccc3)c2)C1)C(N)=O. The molecule has 33 heavy (non-hydrogen) atoms. The predicted octanol–water partition coefficient (Wildman–Crippen LogP) is 1.54. The second-order valence-electron chi connectivity index (χ2n) is 8.35. The first-order valence-corrected chi connectivity index (χ1v) is 10.8. The molecule has 172 valence electrons. The molecule has 3 aromatic rings. The van der Waals surface area contributed by atoms with Gasteiger partial charge < -0.3 is 19.9 Å². The van der Waals surface area contributed by atoms with E-state index < -0.39 is 23.9 Å². The van der Waals surface area contributed by atoms with Gasteiger partial charge in [0.05, 0.1) is 24.3 Å². The van der Waals surface area contributed by atoms with Gasteiger partial charge in [-0.1, -0.05) is 30.3 Å². The van der Waals surface area contributed by atoms with E-state index in [-0.39, 0.29) is 5.56 Å². The smallest absolute Gasteiger partial charge is 0.311 e. The summed E-state index contributed by atoms with van der Waals surface area (Å²) in [4.78, 5) is 38.1. The van der Waals surface area contributed by atoms with E-state index >= 15 is 0 Å². The van der Waals surface area contributed by atoms with Crippen LogP contribution < -0.4 is 16.2 Å². The average molecular weight is 450 g/mol. The number of nitrogens with two attached hydrogens (primary N) is 1. The molecule has 4 rings (SSSR count). The maximum absolute atomic E-state index is 12.5. The fourth-order valence-electron chi connectivity index (χ4n) is 3.96. The molecule has 0 aliphatic carbocycles. The second kappa shape index (κ2) is 9.32. The maximum atomic E-state index is 12.5. The van der Waals surface area contributed by atoms with Gasteiger partial charge in [0.15, 0.2) is 6.10 Å². The number of primary amides is 1. The third-order valence-corrected chi connectivity index (χ3v) is 5.89. The number of carbonyl (C=O) groups excluding carboxylic acids is 2. The lowest BCUT2D eigenvalue weighted by Crippen LogP contribution is -2.33. The maximum Gasteiger partial charge on any atom is 0.311 e. The van der Waals surface area contributed by atoms with Gasteiger partial charge in [0, 0.05) is 49.7 Å². The van der Waals surface area contributed by atoms with Crippen molar-refractivity contribution in [1.82, 2.24) is 14.3 Å². The number of hydrogen-bond acceptors (Lipinski definition) is 6. The first-order valence-electron chi connectivity index (χ1n) is 10.8. The molecule has 1 saturated heterocycles. The van der Waals surface area contributed by atoms with Gasteiger partial charge in [-0.05, 0) is 18.9 Å². The summed E-state index contributed by atoms with van der Waals surface area (Å²) in [6.07, 6.45) is 5.12. The van der Waals surface area contributed by atoms with E-state index in [1.165, 1.54) is 11.5 Å². The summed E-state index contributed by atoms with van der Waals surface area (Å²) in [6, 6.07) is 11.6. The zero-order valence-corrected chi connectivity index (χ0v) is 18.7. The number of anilines is 1. The molecule has 2 atom stereocenters. The number of aromatic nitrogens is 3. The number of esters is 1. The molecule has 0 radical (unpaired) electrons. The molecule has 1 aromatic carbocycles. The lowest BCUT2D eigenvalue weighted by Gasteiger charge is -2.22. The van der Waals surface area contributed by atoms with Crippen LogP contribution in [0.1, 0.15) is 18.9 Å². The van der Waals surface area contributed by atoms with Gasteiger partial charge in [0.1, 0.15) is 0 Å². The number of amides is 1. The number of carbonyl (C=O) groups is 2. The van der Waals surface area contributed by atoms with E-state index in [2.05, 4.69) is 5.10 Å². The van der Waals surface area contributed by atoms with E-state index in [1.54, 1.807) is 25.5 Å². The summed E-state index contributed by atoms with van der Waals surface area (Å²) >= 11 is 0. The first-order chi connectivity index (χ1) is 15.8. The van der Waals surface area contributed by atoms with E-state index in [0.29, 0.717) is 26.1 Å². The van der Waals surface area contributed by atoms with Crippen LogP contribution in [0.4, 0.5) is 5.69 Å². The van der Waals surface area contributed by atoms with Crippen LogP contribution >= 0.6 is 0 Å². The van der Waals surface area contributed by atoms with Crippen molar-refractivity contribution < 1.29 is 14.3 Å². The minimum absolute atomic E-state index is 0.140. The zero-order valence-electron chi connectivity index (χ0n) is 18.7. The van der Waals surface area contributed by atoms with Crippen LogP contribution in [0.25, 0.3) is 11.1 Å². The summed E-state index contributed by atoms with van der Waals surface area (Å²) in [5.74, 6) is -1.53. The predicted molar refractivity (Wildman–Crippen MR) is 124 cm³/mol. The van der Waals surface area contributed by atoms with Crippen molar-refractivity contribution in [2.75, 3.05) is 18.0 Å². The highest BCUT2D eigenvalue weighted by atomic mass is 16.5. The second-order valence-corrected chi connectivity index (χ2v) is 8.35. The van der Waals surface area contributed by atoms with E-state index in [0.717, 1.165) is 22.4 Å². The van der Waals surface area contributed by atoms with Crippen molar-refractivity contribution in [1.29, 1.82) is 0 Å². The first kappa shape index (κ1) is 22.3. The average Bonchev–Trinajstić information content (AvgIpc) is 3.46. The highest BCUT2D eigenvalue weighted by molar-refractivity contribution is 5.83. The lowest BCUT2D eigenvalue weighted by molar-refractivity contribution is -0.157. The van der Waals surface area contributed by atoms with Crippen LogP contribution in [0.2, 0.25) is 0 Å². The molecule has 9 heteroatoms. The number of benzene rings is 1. The molecule has 1 fully saturated rings. The number of nitrogens with zero attached hydrogens (tertiary/aromatic N) is 4. The topological polar surface area (TPSA) is 112 Å². The van der Waals surface area contributed by atoms with E-state index in [9.17, 15) is 14.4 Å². The fourth-order valence-corrected chi connectivity index (χ4v) is 3.96. The van der Waals surface area contributed by atoms with Gasteiger partial charge in [0.2, 0.25) is 0 Å². The van der Waals surface area contributed by atoms with E-state index in [4.69, 9.17) is 10.5 Å². The summed E-state index contributed by atoms with van der Waals surface area (Å²) in [6.45, 7) is 3.07. The minimum atomic E-state index is -0.971. The van der Waals surface area contributed by atoms with Gasteiger partial charge in [-0.25, -0.2) is 0 Å². The third kappa shape index (κ3) is 4.97. The molecule has 1 unspecified atom stereocenters. The molecule has 0 spiro atoms. The molecule has 1 aliphatic heterocycles. The van der Waals surface area contributed by atoms with Crippen LogP contribution in [-0.2, 0) is 27.9 Å². The molecule has 2 N–H and O–H groups in total. The van der Waals surface area contributed by atoms with Crippen LogP contribution in [0.3, 0.4) is 0 Å². The Morgan fingerprint density at radius 1 is 1.24 bits per heavy atom. The van der Waals surface area contributed by atoms with Gasteiger partial charge >= 0.3 is 5.97 Å². The number of ether oxygens (including phenoxy) is 1. The Morgan fingerprint density at radius 2 is 2.00 bits per heavy atom. The Morgan fingerprint density at radius 3 is 2.73 bits per heavy atom. The monoisotopic (exact) mass is 449 g/mol. The Bertz CT molecular complexity index is 1220. The quantitative estimate of drug-likeness (QED) is 0.548. The summed E-state index contributed by atoms with van der Waals surface area (Å²) in [5, 5.41) is 4.49. The normalized spacial score (nSPS) is 16.5. The molecule has 1 amide bonds. The van der Waals surface area contributed by atoms with Crippen LogP contribution in [-0.4, -0.2) is 45.4 Å². The fraction of sp³-hybridized carbons (Fsp3) is 0.333. The van der Waals surface area contributed by atoms with Gasteiger partial charge in [-0.3, -0.25) is 19.1 Å². The van der Waals surface area contributed by atoms with Crippen molar-refractivity contribution >= 4 is 17.6 Å². The Hall–Kier alpha value is -3.88.